The summed E-state index contributed by atoms with van der Waals surface area (Å²) in [5.41, 5.74) is 2.37. The average molecular weight is 333 g/mol. The number of methoxy groups -OCH3 is 1. The van der Waals surface area contributed by atoms with Gasteiger partial charge in [0.15, 0.2) is 0 Å². The second-order valence-corrected chi connectivity index (χ2v) is 5.42. The van der Waals surface area contributed by atoms with Crippen molar-refractivity contribution in [2.75, 3.05) is 17.7 Å². The first-order valence-corrected chi connectivity index (χ1v) is 7.31. The van der Waals surface area contributed by atoms with Gasteiger partial charge in [-0.2, -0.15) is 0 Å². The number of benzene rings is 2. The second kappa shape index (κ2) is 7.15. The fraction of sp³-hybridized carbons (Fsp3) is 0.176. The molecule has 0 bridgehead atoms. The standard InChI is InChI=1S/C17H17ClN2O3/c1-10-4-6-13(9-14(10)18)20-17(22)12-5-7-16(23-3)15(8-12)19-11(2)21/h4-9H,1-3H3,(H,19,21)(H,20,22). The molecule has 120 valence electrons. The van der Waals surface area contributed by atoms with Crippen LogP contribution in [0.25, 0.3) is 0 Å². The van der Waals surface area contributed by atoms with Crippen LogP contribution < -0.4 is 15.4 Å². The Bertz CT molecular complexity index is 759. The molecule has 2 rings (SSSR count). The van der Waals surface area contributed by atoms with E-state index in [1.54, 1.807) is 30.3 Å². The van der Waals surface area contributed by atoms with Crippen molar-refractivity contribution in [1.29, 1.82) is 0 Å². The molecule has 0 saturated carbocycles. The van der Waals surface area contributed by atoms with Crippen LogP contribution in [0.4, 0.5) is 11.4 Å². The summed E-state index contributed by atoms with van der Waals surface area (Å²) in [6, 6.07) is 10.1. The minimum atomic E-state index is -0.306. The van der Waals surface area contributed by atoms with Crippen molar-refractivity contribution in [2.24, 2.45) is 0 Å². The van der Waals surface area contributed by atoms with Crippen molar-refractivity contribution in [1.82, 2.24) is 0 Å². The number of anilines is 2. The Kier molecular flexibility index (Phi) is 5.24. The number of rotatable bonds is 4. The Morgan fingerprint density at radius 2 is 1.83 bits per heavy atom. The molecule has 2 N–H and O–H groups in total. The van der Waals surface area contributed by atoms with Crippen LogP contribution in [0.15, 0.2) is 36.4 Å². The largest absolute Gasteiger partial charge is 0.495 e. The molecule has 5 nitrogen and oxygen atoms in total. The number of amides is 2. The third-order valence-corrected chi connectivity index (χ3v) is 3.61. The fourth-order valence-corrected chi connectivity index (χ4v) is 2.19. The van der Waals surface area contributed by atoms with E-state index in [1.807, 2.05) is 13.0 Å². The monoisotopic (exact) mass is 332 g/mol. The molecular weight excluding hydrogens is 316 g/mol. The molecule has 2 aromatic rings. The number of halogens is 1. The molecule has 23 heavy (non-hydrogen) atoms. The normalized spacial score (nSPS) is 10.1. The first-order valence-electron chi connectivity index (χ1n) is 6.94. The zero-order valence-corrected chi connectivity index (χ0v) is 13.8. The molecule has 0 atom stereocenters. The molecule has 0 radical (unpaired) electrons. The summed E-state index contributed by atoms with van der Waals surface area (Å²) in [5, 5.41) is 5.98. The molecule has 0 aliphatic heterocycles. The lowest BCUT2D eigenvalue weighted by molar-refractivity contribution is -0.114. The number of carbonyl (C=O) groups is 2. The smallest absolute Gasteiger partial charge is 0.255 e. The topological polar surface area (TPSA) is 67.4 Å². The maximum atomic E-state index is 12.3. The van der Waals surface area contributed by atoms with E-state index >= 15 is 0 Å². The van der Waals surface area contributed by atoms with Crippen molar-refractivity contribution >= 4 is 34.8 Å². The van der Waals surface area contributed by atoms with E-state index in [0.717, 1.165) is 5.56 Å². The average Bonchev–Trinajstić information content (AvgIpc) is 2.50. The molecule has 6 heteroatoms. The molecular formula is C17H17ClN2O3. The van der Waals surface area contributed by atoms with Gasteiger partial charge in [-0.3, -0.25) is 9.59 Å². The van der Waals surface area contributed by atoms with Gasteiger partial charge in [0, 0.05) is 23.2 Å². The number of hydrogen-bond acceptors (Lipinski definition) is 3. The van der Waals surface area contributed by atoms with Crippen molar-refractivity contribution in [3.8, 4) is 5.75 Å². The summed E-state index contributed by atoms with van der Waals surface area (Å²) in [6.45, 7) is 3.28. The minimum absolute atomic E-state index is 0.244. The van der Waals surface area contributed by atoms with Gasteiger partial charge in [0.05, 0.1) is 12.8 Å². The predicted molar refractivity (Wildman–Crippen MR) is 91.4 cm³/mol. The Balaban J connectivity index is 2.24. The highest BCUT2D eigenvalue weighted by molar-refractivity contribution is 6.31. The van der Waals surface area contributed by atoms with Crippen LogP contribution in [0.1, 0.15) is 22.8 Å². The molecule has 0 saturated heterocycles. The summed E-state index contributed by atoms with van der Waals surface area (Å²) in [5.74, 6) is -0.0690. The minimum Gasteiger partial charge on any atom is -0.495 e. The van der Waals surface area contributed by atoms with E-state index in [0.29, 0.717) is 27.7 Å². The van der Waals surface area contributed by atoms with Gasteiger partial charge in [-0.15, -0.1) is 0 Å². The molecule has 0 unspecified atom stereocenters. The van der Waals surface area contributed by atoms with Crippen LogP contribution in [0.2, 0.25) is 5.02 Å². The molecule has 2 amide bonds. The zero-order valence-electron chi connectivity index (χ0n) is 13.1. The summed E-state index contributed by atoms with van der Waals surface area (Å²) in [6.07, 6.45) is 0. The number of carbonyl (C=O) groups excluding carboxylic acids is 2. The maximum absolute atomic E-state index is 12.3. The van der Waals surface area contributed by atoms with Gasteiger partial charge >= 0.3 is 0 Å². The van der Waals surface area contributed by atoms with Gasteiger partial charge in [-0.05, 0) is 42.8 Å². The number of nitrogens with one attached hydrogen (secondary N) is 2. The maximum Gasteiger partial charge on any atom is 0.255 e. The van der Waals surface area contributed by atoms with Crippen LogP contribution in [0.5, 0.6) is 5.75 Å². The van der Waals surface area contributed by atoms with Crippen LogP contribution >= 0.6 is 11.6 Å². The Morgan fingerprint density at radius 3 is 2.43 bits per heavy atom. The summed E-state index contributed by atoms with van der Waals surface area (Å²) >= 11 is 6.05. The number of hydrogen-bond donors (Lipinski definition) is 2. The highest BCUT2D eigenvalue weighted by Crippen LogP contribution is 2.26. The number of aryl methyl sites for hydroxylation is 1. The molecule has 0 spiro atoms. The summed E-state index contributed by atoms with van der Waals surface area (Å²) in [7, 11) is 1.49. The van der Waals surface area contributed by atoms with Gasteiger partial charge < -0.3 is 15.4 Å². The fourth-order valence-electron chi connectivity index (χ4n) is 2.01. The zero-order chi connectivity index (χ0) is 17.0. The van der Waals surface area contributed by atoms with E-state index < -0.39 is 0 Å². The lowest BCUT2D eigenvalue weighted by atomic mass is 10.1. The summed E-state index contributed by atoms with van der Waals surface area (Å²) in [4.78, 5) is 23.6. The molecule has 0 heterocycles. The third-order valence-electron chi connectivity index (χ3n) is 3.20. The van der Waals surface area contributed by atoms with Crippen LogP contribution in [-0.2, 0) is 4.79 Å². The highest BCUT2D eigenvalue weighted by Gasteiger charge is 2.12. The molecule has 0 aliphatic rings. The van der Waals surface area contributed by atoms with Gasteiger partial charge in [-0.25, -0.2) is 0 Å². The van der Waals surface area contributed by atoms with Crippen molar-refractivity contribution in [3.63, 3.8) is 0 Å². The van der Waals surface area contributed by atoms with E-state index in [2.05, 4.69) is 10.6 Å². The Labute approximate surface area is 139 Å². The molecule has 0 aliphatic carbocycles. The molecule has 2 aromatic carbocycles. The highest BCUT2D eigenvalue weighted by atomic mass is 35.5. The van der Waals surface area contributed by atoms with Gasteiger partial charge in [0.1, 0.15) is 5.75 Å². The lowest BCUT2D eigenvalue weighted by Crippen LogP contribution is -2.13. The number of ether oxygens (including phenoxy) is 1. The SMILES string of the molecule is COc1ccc(C(=O)Nc2ccc(C)c(Cl)c2)cc1NC(C)=O. The van der Waals surface area contributed by atoms with Crippen molar-refractivity contribution in [2.45, 2.75) is 13.8 Å². The van der Waals surface area contributed by atoms with Crippen LogP contribution in [-0.4, -0.2) is 18.9 Å². The van der Waals surface area contributed by atoms with E-state index in [1.165, 1.54) is 14.0 Å². The van der Waals surface area contributed by atoms with Crippen LogP contribution in [0, 0.1) is 6.92 Å². The first kappa shape index (κ1) is 16.8. The molecule has 0 aromatic heterocycles. The summed E-state index contributed by atoms with van der Waals surface area (Å²) < 4.78 is 5.16. The second-order valence-electron chi connectivity index (χ2n) is 5.01. The third kappa shape index (κ3) is 4.23. The molecule has 0 fully saturated rings. The van der Waals surface area contributed by atoms with Gasteiger partial charge in [0.25, 0.3) is 5.91 Å². The Morgan fingerprint density at radius 1 is 1.09 bits per heavy atom. The van der Waals surface area contributed by atoms with E-state index in [4.69, 9.17) is 16.3 Å². The van der Waals surface area contributed by atoms with Crippen molar-refractivity contribution < 1.29 is 14.3 Å². The van der Waals surface area contributed by atoms with E-state index in [9.17, 15) is 9.59 Å². The van der Waals surface area contributed by atoms with Crippen molar-refractivity contribution in [3.05, 3.63) is 52.5 Å². The van der Waals surface area contributed by atoms with Crippen LogP contribution in [0.3, 0.4) is 0 Å². The Hall–Kier alpha value is -2.53. The first-order chi connectivity index (χ1) is 10.9. The van der Waals surface area contributed by atoms with Gasteiger partial charge in [-0.1, -0.05) is 17.7 Å². The van der Waals surface area contributed by atoms with E-state index in [-0.39, 0.29) is 11.8 Å². The predicted octanol–water partition coefficient (Wildman–Crippen LogP) is 3.87. The lowest BCUT2D eigenvalue weighted by Gasteiger charge is -2.11. The quantitative estimate of drug-likeness (QED) is 0.893. The van der Waals surface area contributed by atoms with Gasteiger partial charge in [0.2, 0.25) is 5.91 Å².